The Morgan fingerprint density at radius 1 is 1.22 bits per heavy atom. The molecule has 0 radical (unpaired) electrons. The maximum absolute atomic E-state index is 12.7. The Bertz CT molecular complexity index is 972. The number of aryl methyl sites for hydroxylation is 2. The van der Waals surface area contributed by atoms with Crippen LogP contribution in [0.3, 0.4) is 0 Å². The van der Waals surface area contributed by atoms with E-state index in [2.05, 4.69) is 41.1 Å². The predicted octanol–water partition coefficient (Wildman–Crippen LogP) is 3.02. The Morgan fingerprint density at radius 2 is 1.96 bits per heavy atom. The number of hydrogen-bond acceptors (Lipinski definition) is 4. The summed E-state index contributed by atoms with van der Waals surface area (Å²) in [7, 11) is 3.75. The number of benzene rings is 1. The van der Waals surface area contributed by atoms with Gasteiger partial charge in [-0.25, -0.2) is 9.97 Å². The second kappa shape index (κ2) is 7.02. The largest absolute Gasteiger partial charge is 0.356 e. The molecule has 1 fully saturated rings. The van der Waals surface area contributed by atoms with E-state index in [4.69, 9.17) is 4.98 Å². The lowest BCUT2D eigenvalue weighted by Gasteiger charge is -2.37. The van der Waals surface area contributed by atoms with Gasteiger partial charge in [0.05, 0.1) is 18.0 Å². The van der Waals surface area contributed by atoms with Crippen molar-refractivity contribution in [1.29, 1.82) is 0 Å². The number of piperidine rings is 1. The lowest BCUT2D eigenvalue weighted by molar-refractivity contribution is 0.0699. The molecule has 1 saturated heterocycles. The Balaban J connectivity index is 1.46. The van der Waals surface area contributed by atoms with Crippen LogP contribution in [0.2, 0.25) is 0 Å². The fourth-order valence-electron chi connectivity index (χ4n) is 3.89. The smallest absolute Gasteiger partial charge is 0.272 e. The first kappa shape index (κ1) is 17.5. The van der Waals surface area contributed by atoms with Crippen LogP contribution in [0.4, 0.5) is 5.82 Å². The lowest BCUT2D eigenvalue weighted by atomic mass is 10.0. The van der Waals surface area contributed by atoms with Gasteiger partial charge in [0.1, 0.15) is 11.5 Å². The van der Waals surface area contributed by atoms with Crippen LogP contribution in [0.1, 0.15) is 28.9 Å². The van der Waals surface area contributed by atoms with Gasteiger partial charge >= 0.3 is 0 Å². The van der Waals surface area contributed by atoms with Crippen molar-refractivity contribution in [3.63, 3.8) is 0 Å². The van der Waals surface area contributed by atoms with Crippen LogP contribution in [-0.2, 0) is 7.05 Å². The number of carbonyl (C=O) groups is 1. The maximum Gasteiger partial charge on any atom is 0.272 e. The number of nitrogens with zero attached hydrogens (tertiary/aromatic N) is 5. The Labute approximate surface area is 159 Å². The third kappa shape index (κ3) is 3.27. The van der Waals surface area contributed by atoms with Gasteiger partial charge in [-0.15, -0.1) is 0 Å². The number of fused-ring (bicyclic) bond motifs is 1. The number of imidazole rings is 1. The van der Waals surface area contributed by atoms with Crippen molar-refractivity contribution in [2.24, 2.45) is 7.05 Å². The van der Waals surface area contributed by atoms with Crippen molar-refractivity contribution in [2.45, 2.75) is 25.8 Å². The molecule has 27 heavy (non-hydrogen) atoms. The summed E-state index contributed by atoms with van der Waals surface area (Å²) in [5.74, 6) is 1.07. The van der Waals surface area contributed by atoms with Gasteiger partial charge in [0.25, 0.3) is 5.91 Å². The summed E-state index contributed by atoms with van der Waals surface area (Å²) in [6.45, 7) is 3.94. The van der Waals surface area contributed by atoms with E-state index in [1.54, 1.807) is 17.1 Å². The highest BCUT2D eigenvalue weighted by Gasteiger charge is 2.27. The van der Waals surface area contributed by atoms with E-state index in [0.29, 0.717) is 5.69 Å². The maximum atomic E-state index is 12.7. The van der Waals surface area contributed by atoms with Gasteiger partial charge in [-0.05, 0) is 37.5 Å². The van der Waals surface area contributed by atoms with E-state index in [1.807, 2.05) is 25.1 Å². The van der Waals surface area contributed by atoms with Gasteiger partial charge in [0, 0.05) is 38.6 Å². The molecule has 0 bridgehead atoms. The van der Waals surface area contributed by atoms with Crippen molar-refractivity contribution < 1.29 is 4.79 Å². The molecule has 2 aromatic heterocycles. The molecule has 1 aliphatic rings. The van der Waals surface area contributed by atoms with E-state index >= 15 is 0 Å². The predicted molar refractivity (Wildman–Crippen MR) is 107 cm³/mol. The zero-order valence-corrected chi connectivity index (χ0v) is 16.1. The van der Waals surface area contributed by atoms with E-state index in [1.165, 1.54) is 10.9 Å². The number of hydrogen-bond donors (Lipinski definition) is 0. The number of pyridine rings is 1. The zero-order valence-electron chi connectivity index (χ0n) is 16.1. The highest BCUT2D eigenvalue weighted by atomic mass is 16.2. The summed E-state index contributed by atoms with van der Waals surface area (Å²) in [5, 5.41) is 1.21. The molecule has 0 unspecified atom stereocenters. The Morgan fingerprint density at radius 3 is 2.67 bits per heavy atom. The summed E-state index contributed by atoms with van der Waals surface area (Å²) < 4.78 is 1.77. The molecule has 0 N–H and O–H groups in total. The minimum atomic E-state index is 0.0353. The molecule has 1 aromatic carbocycles. The first-order valence-electron chi connectivity index (χ1n) is 9.39. The average molecular weight is 363 g/mol. The highest BCUT2D eigenvalue weighted by Crippen LogP contribution is 2.26. The first-order valence-corrected chi connectivity index (χ1v) is 9.39. The number of aromatic nitrogens is 3. The second-order valence-electron chi connectivity index (χ2n) is 7.34. The Kier molecular flexibility index (Phi) is 4.56. The second-order valence-corrected chi connectivity index (χ2v) is 7.34. The van der Waals surface area contributed by atoms with Crippen LogP contribution in [0.25, 0.3) is 10.9 Å². The molecule has 1 aliphatic heterocycles. The van der Waals surface area contributed by atoms with Gasteiger partial charge in [0.2, 0.25) is 0 Å². The van der Waals surface area contributed by atoms with Crippen LogP contribution in [0.5, 0.6) is 0 Å². The number of para-hydroxylation sites is 1. The van der Waals surface area contributed by atoms with E-state index in [-0.39, 0.29) is 11.9 Å². The third-order valence-corrected chi connectivity index (χ3v) is 5.60. The summed E-state index contributed by atoms with van der Waals surface area (Å²) in [6.07, 6.45) is 5.18. The summed E-state index contributed by atoms with van der Waals surface area (Å²) >= 11 is 0. The van der Waals surface area contributed by atoms with Crippen molar-refractivity contribution in [3.05, 3.63) is 54.1 Å². The topological polar surface area (TPSA) is 54.3 Å². The summed E-state index contributed by atoms with van der Waals surface area (Å²) in [4.78, 5) is 25.8. The molecular weight excluding hydrogens is 338 g/mol. The van der Waals surface area contributed by atoms with Crippen LogP contribution in [-0.4, -0.2) is 51.5 Å². The quantitative estimate of drug-likeness (QED) is 0.718. The highest BCUT2D eigenvalue weighted by molar-refractivity contribution is 5.92. The minimum absolute atomic E-state index is 0.0353. The van der Waals surface area contributed by atoms with Crippen molar-refractivity contribution in [1.82, 2.24) is 19.4 Å². The van der Waals surface area contributed by atoms with E-state index in [0.717, 1.165) is 37.3 Å². The summed E-state index contributed by atoms with van der Waals surface area (Å²) in [5.41, 5.74) is 2.92. The number of rotatable bonds is 3. The molecule has 0 atom stereocenters. The molecule has 6 heteroatoms. The van der Waals surface area contributed by atoms with Gasteiger partial charge in [-0.3, -0.25) is 4.79 Å². The molecule has 4 rings (SSSR count). The minimum Gasteiger partial charge on any atom is -0.356 e. The van der Waals surface area contributed by atoms with Crippen LogP contribution < -0.4 is 4.90 Å². The molecule has 0 spiro atoms. The molecule has 6 nitrogen and oxygen atoms in total. The van der Waals surface area contributed by atoms with Crippen molar-refractivity contribution in [2.75, 3.05) is 25.0 Å². The molecule has 140 valence electrons. The number of carbonyl (C=O) groups excluding carboxylic acids is 1. The molecule has 0 aliphatic carbocycles. The Hall–Kier alpha value is -2.89. The lowest BCUT2D eigenvalue weighted by Crippen LogP contribution is -2.46. The normalized spacial score (nSPS) is 15.3. The molecule has 1 amide bonds. The molecule has 3 heterocycles. The fraction of sp³-hybridized carbons (Fsp3) is 0.381. The first-order chi connectivity index (χ1) is 13.0. The fourth-order valence-corrected chi connectivity index (χ4v) is 3.89. The van der Waals surface area contributed by atoms with E-state index in [9.17, 15) is 4.79 Å². The van der Waals surface area contributed by atoms with Gasteiger partial charge in [-0.2, -0.15) is 0 Å². The van der Waals surface area contributed by atoms with E-state index < -0.39 is 0 Å². The number of anilines is 1. The van der Waals surface area contributed by atoms with Gasteiger partial charge in [-0.1, -0.05) is 18.2 Å². The average Bonchev–Trinajstić information content (AvgIpc) is 3.13. The van der Waals surface area contributed by atoms with Crippen molar-refractivity contribution >= 4 is 22.6 Å². The molecule has 0 saturated carbocycles. The van der Waals surface area contributed by atoms with Gasteiger partial charge in [0.15, 0.2) is 0 Å². The SMILES string of the molecule is Cc1cc(N2CCC(N(C)C(=O)c3cncn3C)CC2)nc2ccccc12. The van der Waals surface area contributed by atoms with Crippen LogP contribution >= 0.6 is 0 Å². The summed E-state index contributed by atoms with van der Waals surface area (Å²) in [6, 6.07) is 10.7. The number of amides is 1. The van der Waals surface area contributed by atoms with Crippen molar-refractivity contribution in [3.8, 4) is 0 Å². The molecular formula is C21H25N5O. The van der Waals surface area contributed by atoms with Crippen LogP contribution in [0, 0.1) is 6.92 Å². The van der Waals surface area contributed by atoms with Crippen LogP contribution in [0.15, 0.2) is 42.9 Å². The zero-order chi connectivity index (χ0) is 19.0. The monoisotopic (exact) mass is 363 g/mol. The molecule has 3 aromatic rings. The standard InChI is InChI=1S/C21H25N5O/c1-15-12-20(23-18-7-5-4-6-17(15)18)26-10-8-16(9-11-26)25(3)21(27)19-13-22-14-24(19)2/h4-7,12-14,16H,8-11H2,1-3H3. The third-order valence-electron chi connectivity index (χ3n) is 5.60. The van der Waals surface area contributed by atoms with Gasteiger partial charge < -0.3 is 14.4 Å².